The zero-order valence-electron chi connectivity index (χ0n) is 9.90. The van der Waals surface area contributed by atoms with Gasteiger partial charge in [0.25, 0.3) is 0 Å². The van der Waals surface area contributed by atoms with Gasteiger partial charge in [-0.05, 0) is 12.1 Å². The molecule has 0 amide bonds. The summed E-state index contributed by atoms with van der Waals surface area (Å²) in [5.41, 5.74) is -0.703. The third-order valence-electron chi connectivity index (χ3n) is 2.97. The van der Waals surface area contributed by atoms with E-state index in [1.54, 1.807) is 30.3 Å². The van der Waals surface area contributed by atoms with Crippen LogP contribution < -0.4 is 0 Å². The summed E-state index contributed by atoms with van der Waals surface area (Å²) >= 11 is 0. The van der Waals surface area contributed by atoms with Crippen LogP contribution in [0.5, 0.6) is 0 Å². The predicted molar refractivity (Wildman–Crippen MR) is 64.1 cm³/mol. The maximum atomic E-state index is 12.1. The molecule has 3 aliphatic rings. The summed E-state index contributed by atoms with van der Waals surface area (Å²) in [6.07, 6.45) is 0. The summed E-state index contributed by atoms with van der Waals surface area (Å²) in [5, 5.41) is 0. The molecule has 3 saturated heterocycles. The van der Waals surface area contributed by atoms with Crippen LogP contribution in [0, 0.1) is 5.41 Å². The molecule has 0 radical (unpaired) electrons. The van der Waals surface area contributed by atoms with Crippen LogP contribution in [0.25, 0.3) is 0 Å². The molecule has 0 unspecified atom stereocenters. The first-order valence-corrected chi connectivity index (χ1v) is 6.80. The lowest BCUT2D eigenvalue weighted by Gasteiger charge is -2.41. The van der Waals surface area contributed by atoms with E-state index in [0.717, 1.165) is 0 Å². The van der Waals surface area contributed by atoms with E-state index in [9.17, 15) is 9.59 Å². The molecule has 3 aliphatic heterocycles. The molecule has 0 N–H and O–H groups in total. The molecule has 7 heteroatoms. The summed E-state index contributed by atoms with van der Waals surface area (Å²) < 4.78 is 20.5. The Balaban J connectivity index is 1.70. The van der Waals surface area contributed by atoms with Crippen molar-refractivity contribution >= 4 is 20.5 Å². The Bertz CT molecular complexity index is 480. The van der Waals surface area contributed by atoms with E-state index < -0.39 is 26.0 Å². The van der Waals surface area contributed by atoms with Crippen LogP contribution in [0.4, 0.5) is 0 Å². The molecule has 3 fully saturated rings. The van der Waals surface area contributed by atoms with E-state index in [1.807, 2.05) is 0 Å². The fourth-order valence-electron chi connectivity index (χ4n) is 1.77. The summed E-state index contributed by atoms with van der Waals surface area (Å²) in [6.45, 7) is 0.499. The molecule has 100 valence electrons. The van der Waals surface area contributed by atoms with Crippen molar-refractivity contribution in [2.45, 2.75) is 0 Å². The maximum absolute atomic E-state index is 12.1. The third-order valence-corrected chi connectivity index (χ3v) is 3.99. The van der Waals surface area contributed by atoms with Gasteiger partial charge in [0.15, 0.2) is 0 Å². The minimum absolute atomic E-state index is 0.166. The van der Waals surface area contributed by atoms with E-state index >= 15 is 0 Å². The zero-order chi connectivity index (χ0) is 13.3. The molecule has 3 heterocycles. The van der Waals surface area contributed by atoms with Gasteiger partial charge in [0.2, 0.25) is 0 Å². The molecule has 1 aromatic rings. The van der Waals surface area contributed by atoms with E-state index in [2.05, 4.69) is 0 Å². The Kier molecular flexibility index (Phi) is 3.33. The van der Waals surface area contributed by atoms with E-state index in [4.69, 9.17) is 18.3 Å². The number of esters is 2. The topological polar surface area (TPSA) is 71.1 Å². The molecule has 0 spiro atoms. The van der Waals surface area contributed by atoms with Crippen LogP contribution in [0.1, 0.15) is 10.4 Å². The minimum Gasteiger partial charge on any atom is -0.389 e. The highest BCUT2D eigenvalue weighted by Crippen LogP contribution is 2.53. The Hall–Kier alpha value is -1.33. The van der Waals surface area contributed by atoms with Gasteiger partial charge in [0, 0.05) is 0 Å². The lowest BCUT2D eigenvalue weighted by Crippen LogP contribution is -2.50. The van der Waals surface area contributed by atoms with E-state index in [0.29, 0.717) is 5.56 Å². The molecule has 0 saturated carbocycles. The normalized spacial score (nSPS) is 28.9. The Morgan fingerprint density at radius 3 is 2.21 bits per heavy atom. The van der Waals surface area contributed by atoms with Gasteiger partial charge in [0.05, 0.1) is 25.4 Å². The predicted octanol–water partition coefficient (Wildman–Crippen LogP) is 1.66. The van der Waals surface area contributed by atoms with Crippen molar-refractivity contribution in [3.63, 3.8) is 0 Å². The Morgan fingerprint density at radius 1 is 1.05 bits per heavy atom. The van der Waals surface area contributed by atoms with E-state index in [1.165, 1.54) is 0 Å². The van der Waals surface area contributed by atoms with Crippen LogP contribution in [0.15, 0.2) is 30.3 Å². The smallest absolute Gasteiger partial charge is 0.345 e. The van der Waals surface area contributed by atoms with Crippen molar-refractivity contribution in [3.05, 3.63) is 35.9 Å². The average molecular weight is 282 g/mol. The summed E-state index contributed by atoms with van der Waals surface area (Å²) in [5.74, 6) is -1.35. The van der Waals surface area contributed by atoms with Crippen LogP contribution in [0.2, 0.25) is 0 Å². The maximum Gasteiger partial charge on any atom is 0.345 e. The molecular weight excluding hydrogens is 271 g/mol. The second-order valence-corrected chi connectivity index (χ2v) is 5.59. The van der Waals surface area contributed by atoms with Crippen molar-refractivity contribution in [1.82, 2.24) is 0 Å². The number of benzene rings is 1. The standard InChI is InChI=1S/C12H11O6P/c13-10(9-4-2-1-3-5-9)18-11(14)12-6-15-19(16-7-12)17-8-12/h1-5H,6-8H2. The summed E-state index contributed by atoms with van der Waals surface area (Å²) in [4.78, 5) is 23.9. The van der Waals surface area contributed by atoms with Crippen LogP contribution in [-0.4, -0.2) is 31.8 Å². The number of fused-ring (bicyclic) bond motifs is 3. The molecule has 0 aromatic heterocycles. The third kappa shape index (κ3) is 2.40. The first kappa shape index (κ1) is 12.7. The first-order valence-electron chi connectivity index (χ1n) is 5.70. The molecule has 6 nitrogen and oxygen atoms in total. The molecule has 2 bridgehead atoms. The van der Waals surface area contributed by atoms with Crippen molar-refractivity contribution in [3.8, 4) is 0 Å². The minimum atomic E-state index is -1.32. The quantitative estimate of drug-likeness (QED) is 0.466. The molecule has 0 aliphatic carbocycles. The van der Waals surface area contributed by atoms with Crippen molar-refractivity contribution in [1.29, 1.82) is 0 Å². The highest BCUT2D eigenvalue weighted by atomic mass is 31.2. The number of hydrogen-bond acceptors (Lipinski definition) is 6. The SMILES string of the molecule is O=C(OC(=O)C12COP(OC1)OC2)c1ccccc1. The number of hydrogen-bond donors (Lipinski definition) is 0. The van der Waals surface area contributed by atoms with Gasteiger partial charge in [-0.2, -0.15) is 0 Å². The number of rotatable bonds is 2. The lowest BCUT2D eigenvalue weighted by molar-refractivity contribution is -0.167. The summed E-state index contributed by atoms with van der Waals surface area (Å²) in [6, 6.07) is 8.33. The highest BCUT2D eigenvalue weighted by molar-refractivity contribution is 7.41. The van der Waals surface area contributed by atoms with Crippen molar-refractivity contribution < 1.29 is 27.9 Å². The summed E-state index contributed by atoms with van der Waals surface area (Å²) in [7, 11) is -1.32. The van der Waals surface area contributed by atoms with Gasteiger partial charge >= 0.3 is 20.5 Å². The van der Waals surface area contributed by atoms with Gasteiger partial charge in [0.1, 0.15) is 5.41 Å². The fraction of sp³-hybridized carbons (Fsp3) is 0.333. The van der Waals surface area contributed by atoms with Crippen molar-refractivity contribution in [2.75, 3.05) is 19.8 Å². The average Bonchev–Trinajstić information content (AvgIpc) is 2.50. The van der Waals surface area contributed by atoms with Gasteiger partial charge in [-0.15, -0.1) is 0 Å². The monoisotopic (exact) mass is 282 g/mol. The second kappa shape index (κ2) is 4.98. The van der Waals surface area contributed by atoms with Crippen molar-refractivity contribution in [2.24, 2.45) is 5.41 Å². The Morgan fingerprint density at radius 2 is 1.63 bits per heavy atom. The molecule has 1 aromatic carbocycles. The van der Waals surface area contributed by atoms with Gasteiger partial charge in [-0.3, -0.25) is 4.79 Å². The second-order valence-electron chi connectivity index (χ2n) is 4.37. The number of carbonyl (C=O) groups excluding carboxylic acids is 2. The number of carbonyl (C=O) groups is 2. The largest absolute Gasteiger partial charge is 0.389 e. The Labute approximate surface area is 110 Å². The fourth-order valence-corrected chi connectivity index (χ4v) is 3.05. The van der Waals surface area contributed by atoms with Crippen LogP contribution >= 0.6 is 8.60 Å². The molecule has 4 rings (SSSR count). The van der Waals surface area contributed by atoms with E-state index in [-0.39, 0.29) is 19.8 Å². The van der Waals surface area contributed by atoms with Crippen LogP contribution in [-0.2, 0) is 23.1 Å². The lowest BCUT2D eigenvalue weighted by atomic mass is 9.91. The molecule has 0 atom stereocenters. The molecular formula is C12H11O6P. The number of ether oxygens (including phenoxy) is 1. The van der Waals surface area contributed by atoms with Crippen LogP contribution in [0.3, 0.4) is 0 Å². The zero-order valence-corrected chi connectivity index (χ0v) is 10.8. The highest BCUT2D eigenvalue weighted by Gasteiger charge is 2.52. The van der Waals surface area contributed by atoms with Gasteiger partial charge < -0.3 is 18.3 Å². The van der Waals surface area contributed by atoms with Gasteiger partial charge in [-0.25, -0.2) is 4.79 Å². The first-order chi connectivity index (χ1) is 9.20. The molecule has 19 heavy (non-hydrogen) atoms. The van der Waals surface area contributed by atoms with Gasteiger partial charge in [-0.1, -0.05) is 18.2 Å².